The van der Waals surface area contributed by atoms with Gasteiger partial charge in [-0.3, -0.25) is 9.89 Å². The molecule has 1 N–H and O–H groups in total. The molecule has 2 aliphatic rings. The Morgan fingerprint density at radius 2 is 2.04 bits per heavy atom. The number of hydrogen-bond donors (Lipinski definition) is 1. The van der Waals surface area contributed by atoms with E-state index in [1.165, 1.54) is 6.20 Å². The van der Waals surface area contributed by atoms with Crippen LogP contribution in [-0.4, -0.2) is 70.4 Å². The second kappa shape index (κ2) is 7.69. The van der Waals surface area contributed by atoms with E-state index < -0.39 is 0 Å². The summed E-state index contributed by atoms with van der Waals surface area (Å²) in [6.45, 7) is 2.09. The van der Waals surface area contributed by atoms with Gasteiger partial charge in [0.1, 0.15) is 12.4 Å². The Balaban J connectivity index is 1.27. The lowest BCUT2D eigenvalue weighted by Crippen LogP contribution is -2.47. The molecule has 4 rings (SSSR count). The van der Waals surface area contributed by atoms with Crippen molar-refractivity contribution < 1.29 is 19.1 Å². The van der Waals surface area contributed by atoms with Gasteiger partial charge in [0, 0.05) is 25.3 Å². The molecular weight excluding hydrogens is 348 g/mol. The molecule has 2 saturated heterocycles. The number of carbonyl (C=O) groups is 2. The summed E-state index contributed by atoms with van der Waals surface area (Å²) in [7, 11) is 0. The molecule has 0 bridgehead atoms. The summed E-state index contributed by atoms with van der Waals surface area (Å²) in [4.78, 5) is 28.2. The van der Waals surface area contributed by atoms with Gasteiger partial charge in [0.2, 0.25) is 0 Å². The van der Waals surface area contributed by atoms with Crippen LogP contribution in [0, 0.1) is 0 Å². The Morgan fingerprint density at radius 3 is 2.74 bits per heavy atom. The third kappa shape index (κ3) is 3.89. The molecule has 27 heavy (non-hydrogen) atoms. The van der Waals surface area contributed by atoms with Crippen LogP contribution in [-0.2, 0) is 4.74 Å². The minimum atomic E-state index is -0.295. The molecule has 3 heterocycles. The van der Waals surface area contributed by atoms with E-state index in [1.54, 1.807) is 16.0 Å². The van der Waals surface area contributed by atoms with Gasteiger partial charge in [0.25, 0.3) is 5.91 Å². The molecule has 8 heteroatoms. The van der Waals surface area contributed by atoms with E-state index in [-0.39, 0.29) is 24.1 Å². The van der Waals surface area contributed by atoms with Crippen LogP contribution >= 0.6 is 0 Å². The highest BCUT2D eigenvalue weighted by atomic mass is 16.6. The molecule has 142 valence electrons. The maximum Gasteiger partial charge on any atom is 0.410 e. The predicted molar refractivity (Wildman–Crippen MR) is 96.4 cm³/mol. The summed E-state index contributed by atoms with van der Waals surface area (Å²) in [5.74, 6) is 0.735. The lowest BCUT2D eigenvalue weighted by molar-refractivity contribution is 0.0658. The number of benzene rings is 1. The largest absolute Gasteiger partial charge is 0.490 e. The van der Waals surface area contributed by atoms with Gasteiger partial charge in [0.05, 0.1) is 18.3 Å². The number of ether oxygens (including phenoxy) is 2. The summed E-state index contributed by atoms with van der Waals surface area (Å²) in [6, 6.07) is 9.57. The topological polar surface area (TPSA) is 87.8 Å². The molecule has 2 aliphatic heterocycles. The van der Waals surface area contributed by atoms with E-state index in [2.05, 4.69) is 10.2 Å². The van der Waals surface area contributed by atoms with Crippen LogP contribution in [0.15, 0.2) is 42.7 Å². The normalized spacial score (nSPS) is 20.6. The van der Waals surface area contributed by atoms with Crippen LogP contribution < -0.4 is 4.74 Å². The van der Waals surface area contributed by atoms with E-state index in [0.717, 1.165) is 18.6 Å². The summed E-state index contributed by atoms with van der Waals surface area (Å²) in [6.07, 6.45) is 4.04. The van der Waals surface area contributed by atoms with Crippen molar-refractivity contribution in [2.75, 3.05) is 26.2 Å². The number of piperidine rings is 1. The first-order chi connectivity index (χ1) is 13.2. The molecular formula is C19H22N4O4. The molecule has 2 fully saturated rings. The predicted octanol–water partition coefficient (Wildman–Crippen LogP) is 1.91. The molecule has 2 amide bonds. The Morgan fingerprint density at radius 1 is 1.26 bits per heavy atom. The number of cyclic esters (lactones) is 1. The van der Waals surface area contributed by atoms with Gasteiger partial charge < -0.3 is 19.3 Å². The summed E-state index contributed by atoms with van der Waals surface area (Å²) >= 11 is 0. The summed E-state index contributed by atoms with van der Waals surface area (Å²) in [5, 5.41) is 6.48. The average molecular weight is 370 g/mol. The zero-order valence-electron chi connectivity index (χ0n) is 14.9. The van der Waals surface area contributed by atoms with Crippen molar-refractivity contribution in [2.45, 2.75) is 25.0 Å². The van der Waals surface area contributed by atoms with Crippen molar-refractivity contribution in [1.82, 2.24) is 20.0 Å². The van der Waals surface area contributed by atoms with E-state index in [4.69, 9.17) is 9.47 Å². The second-order valence-corrected chi connectivity index (χ2v) is 6.79. The Bertz CT molecular complexity index is 772. The first-order valence-electron chi connectivity index (χ1n) is 9.14. The molecule has 1 aromatic heterocycles. The number of nitrogens with one attached hydrogen (secondary N) is 1. The van der Waals surface area contributed by atoms with E-state index >= 15 is 0 Å². The number of hydrogen-bond acceptors (Lipinski definition) is 5. The van der Waals surface area contributed by atoms with Crippen molar-refractivity contribution >= 4 is 12.0 Å². The third-order valence-corrected chi connectivity index (χ3v) is 5.02. The molecule has 0 saturated carbocycles. The van der Waals surface area contributed by atoms with Gasteiger partial charge in [-0.05, 0) is 25.0 Å². The van der Waals surface area contributed by atoms with E-state index in [1.807, 2.05) is 30.3 Å². The maximum absolute atomic E-state index is 12.4. The second-order valence-electron chi connectivity index (χ2n) is 6.79. The highest BCUT2D eigenvalue weighted by Gasteiger charge is 2.38. The minimum absolute atomic E-state index is 0.0275. The monoisotopic (exact) mass is 370 g/mol. The number of aromatic amines is 1. The van der Waals surface area contributed by atoms with Crippen LogP contribution in [0.4, 0.5) is 4.79 Å². The quantitative estimate of drug-likeness (QED) is 0.869. The van der Waals surface area contributed by atoms with Crippen LogP contribution in [0.1, 0.15) is 23.2 Å². The Labute approximate surface area is 157 Å². The van der Waals surface area contributed by atoms with Crippen LogP contribution in [0.5, 0.6) is 5.75 Å². The first kappa shape index (κ1) is 17.4. The van der Waals surface area contributed by atoms with Gasteiger partial charge in [-0.1, -0.05) is 18.2 Å². The fourth-order valence-electron chi connectivity index (χ4n) is 3.56. The number of carbonyl (C=O) groups excluding carboxylic acids is 2. The molecule has 1 atom stereocenters. The number of aromatic nitrogens is 2. The van der Waals surface area contributed by atoms with Crippen molar-refractivity contribution in [1.29, 1.82) is 0 Å². The number of rotatable bonds is 5. The highest BCUT2D eigenvalue weighted by molar-refractivity contribution is 5.93. The van der Waals surface area contributed by atoms with Gasteiger partial charge in [0.15, 0.2) is 6.10 Å². The van der Waals surface area contributed by atoms with Gasteiger partial charge in [-0.2, -0.15) is 5.10 Å². The number of H-pyrrole nitrogens is 1. The first-order valence-corrected chi connectivity index (χ1v) is 9.14. The zero-order chi connectivity index (χ0) is 18.6. The van der Waals surface area contributed by atoms with Crippen molar-refractivity contribution in [3.63, 3.8) is 0 Å². The third-order valence-electron chi connectivity index (χ3n) is 5.02. The van der Waals surface area contributed by atoms with Crippen LogP contribution in [0.25, 0.3) is 0 Å². The molecule has 8 nitrogen and oxygen atoms in total. The summed E-state index contributed by atoms with van der Waals surface area (Å²) in [5.41, 5.74) is 0.562. The van der Waals surface area contributed by atoms with E-state index in [0.29, 0.717) is 31.8 Å². The van der Waals surface area contributed by atoms with Crippen LogP contribution in [0.3, 0.4) is 0 Å². The Kier molecular flexibility index (Phi) is 4.95. The van der Waals surface area contributed by atoms with Crippen molar-refractivity contribution in [3.05, 3.63) is 48.3 Å². The van der Waals surface area contributed by atoms with E-state index in [9.17, 15) is 9.59 Å². The molecule has 2 aromatic rings. The molecule has 1 aromatic carbocycles. The lowest BCUT2D eigenvalue weighted by Gasteiger charge is -2.35. The maximum atomic E-state index is 12.4. The summed E-state index contributed by atoms with van der Waals surface area (Å²) < 4.78 is 11.1. The fourth-order valence-corrected chi connectivity index (χ4v) is 3.56. The highest BCUT2D eigenvalue weighted by Crippen LogP contribution is 2.24. The number of para-hydroxylation sites is 1. The SMILES string of the molecule is O=C(c1cn[nH]c1)N1CCC(N2CC(COc3ccccc3)OC2=O)CC1. The minimum Gasteiger partial charge on any atom is -0.490 e. The lowest BCUT2D eigenvalue weighted by atomic mass is 10.0. The average Bonchev–Trinajstić information content (AvgIpc) is 3.37. The number of likely N-dealkylation sites (tertiary alicyclic amines) is 1. The zero-order valence-corrected chi connectivity index (χ0v) is 14.9. The fraction of sp³-hybridized carbons (Fsp3) is 0.421. The molecule has 0 aliphatic carbocycles. The van der Waals surface area contributed by atoms with Gasteiger partial charge in [-0.15, -0.1) is 0 Å². The number of amides is 2. The smallest absolute Gasteiger partial charge is 0.410 e. The van der Waals surface area contributed by atoms with Crippen molar-refractivity contribution in [3.8, 4) is 5.75 Å². The molecule has 0 radical (unpaired) electrons. The molecule has 1 unspecified atom stereocenters. The van der Waals surface area contributed by atoms with Gasteiger partial charge >= 0.3 is 6.09 Å². The van der Waals surface area contributed by atoms with Gasteiger partial charge in [-0.25, -0.2) is 4.79 Å². The molecule has 0 spiro atoms. The Hall–Kier alpha value is -3.03. The standard InChI is InChI=1S/C19H22N4O4/c24-18(14-10-20-21-11-14)22-8-6-15(7-9-22)23-12-17(27-19(23)25)13-26-16-4-2-1-3-5-16/h1-5,10-11,15,17H,6-9,12-13H2,(H,20,21). The number of nitrogens with zero attached hydrogens (tertiary/aromatic N) is 3. The van der Waals surface area contributed by atoms with Crippen molar-refractivity contribution in [2.24, 2.45) is 0 Å². The van der Waals surface area contributed by atoms with Crippen LogP contribution in [0.2, 0.25) is 0 Å².